The Bertz CT molecular complexity index is 499. The lowest BCUT2D eigenvalue weighted by Crippen LogP contribution is -2.37. The number of nitrogens with two attached hydrogens (primary N) is 1. The molecule has 0 fully saturated rings. The minimum atomic E-state index is -0.678. The van der Waals surface area contributed by atoms with Crippen molar-refractivity contribution in [3.63, 3.8) is 0 Å². The molecule has 1 atom stereocenters. The maximum Gasteiger partial charge on any atom is 0.259 e. The van der Waals surface area contributed by atoms with Crippen LogP contribution < -0.4 is 16.6 Å². The van der Waals surface area contributed by atoms with Crippen molar-refractivity contribution in [3.8, 4) is 0 Å². The van der Waals surface area contributed by atoms with Gasteiger partial charge < -0.3 is 5.73 Å². The number of carbonyl (C=O) groups is 1. The highest BCUT2D eigenvalue weighted by Crippen LogP contribution is 2.09. The molecule has 2 aromatic carbocycles. The van der Waals surface area contributed by atoms with Crippen molar-refractivity contribution >= 4 is 11.6 Å². The average Bonchev–Trinajstić information content (AvgIpc) is 2.46. The summed E-state index contributed by atoms with van der Waals surface area (Å²) in [7, 11) is 0. The minimum Gasteiger partial charge on any atom is -0.316 e. The van der Waals surface area contributed by atoms with Crippen molar-refractivity contribution in [1.82, 2.24) is 5.43 Å². The van der Waals surface area contributed by atoms with Crippen LogP contribution in [0, 0.1) is 0 Å². The van der Waals surface area contributed by atoms with Gasteiger partial charge in [0.25, 0.3) is 5.91 Å². The Morgan fingerprint density at radius 3 is 2.11 bits per heavy atom. The second-order valence-electron chi connectivity index (χ2n) is 3.87. The Labute approximate surface area is 106 Å². The molecule has 0 saturated carbocycles. The van der Waals surface area contributed by atoms with E-state index in [2.05, 4.69) is 10.9 Å². The molecule has 4 nitrogen and oxygen atoms in total. The minimum absolute atomic E-state index is 0.273. The molecule has 0 saturated heterocycles. The summed E-state index contributed by atoms with van der Waals surface area (Å²) >= 11 is 0. The maximum atomic E-state index is 11.8. The SMILES string of the molecule is NC(C(=O)NNc1ccccc1)c1ccccc1. The monoisotopic (exact) mass is 241 g/mol. The summed E-state index contributed by atoms with van der Waals surface area (Å²) in [6.45, 7) is 0. The number of carbonyl (C=O) groups excluding carboxylic acids is 1. The number of anilines is 1. The lowest BCUT2D eigenvalue weighted by atomic mass is 10.1. The molecule has 2 rings (SSSR count). The van der Waals surface area contributed by atoms with Gasteiger partial charge in [-0.05, 0) is 17.7 Å². The molecule has 0 aliphatic rings. The van der Waals surface area contributed by atoms with Gasteiger partial charge in [-0.1, -0.05) is 48.5 Å². The largest absolute Gasteiger partial charge is 0.316 e. The Morgan fingerprint density at radius 1 is 0.944 bits per heavy atom. The number of hydrazine groups is 1. The van der Waals surface area contributed by atoms with Crippen LogP contribution in [-0.2, 0) is 4.79 Å². The Kier molecular flexibility index (Phi) is 3.94. The number of amides is 1. The van der Waals surface area contributed by atoms with E-state index in [1.807, 2.05) is 60.7 Å². The summed E-state index contributed by atoms with van der Waals surface area (Å²) in [6.07, 6.45) is 0. The third-order valence-electron chi connectivity index (χ3n) is 2.54. The Hall–Kier alpha value is -2.33. The summed E-state index contributed by atoms with van der Waals surface area (Å²) in [5, 5.41) is 0. The van der Waals surface area contributed by atoms with Crippen LogP contribution in [-0.4, -0.2) is 5.91 Å². The molecular formula is C14H15N3O. The van der Waals surface area contributed by atoms with E-state index < -0.39 is 6.04 Å². The summed E-state index contributed by atoms with van der Waals surface area (Å²) in [5.74, 6) is -0.273. The van der Waals surface area contributed by atoms with Gasteiger partial charge in [-0.3, -0.25) is 15.6 Å². The van der Waals surface area contributed by atoms with Gasteiger partial charge in [0.2, 0.25) is 0 Å². The van der Waals surface area contributed by atoms with E-state index >= 15 is 0 Å². The zero-order chi connectivity index (χ0) is 12.8. The van der Waals surface area contributed by atoms with E-state index in [-0.39, 0.29) is 5.91 Å². The van der Waals surface area contributed by atoms with Crippen LogP contribution in [0.15, 0.2) is 60.7 Å². The second-order valence-corrected chi connectivity index (χ2v) is 3.87. The van der Waals surface area contributed by atoms with E-state index in [0.29, 0.717) is 0 Å². The van der Waals surface area contributed by atoms with Crippen molar-refractivity contribution in [2.45, 2.75) is 6.04 Å². The first kappa shape index (κ1) is 12.1. The first-order valence-electron chi connectivity index (χ1n) is 5.69. The topological polar surface area (TPSA) is 67.2 Å². The second kappa shape index (κ2) is 5.84. The van der Waals surface area contributed by atoms with Gasteiger partial charge in [-0.2, -0.15) is 0 Å². The standard InChI is InChI=1S/C14H15N3O/c15-13(11-7-3-1-4-8-11)14(18)17-16-12-9-5-2-6-10-12/h1-10,13,16H,15H2,(H,17,18). The number of rotatable bonds is 4. The molecule has 18 heavy (non-hydrogen) atoms. The highest BCUT2D eigenvalue weighted by Gasteiger charge is 2.14. The molecule has 1 unspecified atom stereocenters. The Balaban J connectivity index is 1.93. The number of nitrogens with one attached hydrogen (secondary N) is 2. The summed E-state index contributed by atoms with van der Waals surface area (Å²) in [5.41, 5.74) is 12.8. The van der Waals surface area contributed by atoms with Crippen LogP contribution in [0.1, 0.15) is 11.6 Å². The normalized spacial score (nSPS) is 11.6. The highest BCUT2D eigenvalue weighted by atomic mass is 16.2. The van der Waals surface area contributed by atoms with Crippen LogP contribution in [0.3, 0.4) is 0 Å². The van der Waals surface area contributed by atoms with Gasteiger partial charge in [0, 0.05) is 0 Å². The smallest absolute Gasteiger partial charge is 0.259 e. The molecule has 0 aromatic heterocycles. The van der Waals surface area contributed by atoms with E-state index in [9.17, 15) is 4.79 Å². The van der Waals surface area contributed by atoms with Crippen LogP contribution in [0.25, 0.3) is 0 Å². The highest BCUT2D eigenvalue weighted by molar-refractivity contribution is 5.83. The van der Waals surface area contributed by atoms with Crippen molar-refractivity contribution < 1.29 is 4.79 Å². The summed E-state index contributed by atoms with van der Waals surface area (Å²) in [6, 6.07) is 17.9. The molecule has 0 bridgehead atoms. The lowest BCUT2D eigenvalue weighted by molar-refractivity contribution is -0.122. The van der Waals surface area contributed by atoms with Crippen molar-refractivity contribution in [2.24, 2.45) is 5.73 Å². The predicted octanol–water partition coefficient (Wildman–Crippen LogP) is 1.83. The van der Waals surface area contributed by atoms with Gasteiger partial charge >= 0.3 is 0 Å². The summed E-state index contributed by atoms with van der Waals surface area (Å²) < 4.78 is 0. The predicted molar refractivity (Wildman–Crippen MR) is 71.6 cm³/mol. The van der Waals surface area contributed by atoms with Gasteiger partial charge in [-0.25, -0.2) is 0 Å². The third-order valence-corrected chi connectivity index (χ3v) is 2.54. The van der Waals surface area contributed by atoms with E-state index in [4.69, 9.17) is 5.73 Å². The molecule has 0 heterocycles. The zero-order valence-electron chi connectivity index (χ0n) is 9.84. The molecule has 0 aliphatic carbocycles. The average molecular weight is 241 g/mol. The van der Waals surface area contributed by atoms with E-state index in [0.717, 1.165) is 11.3 Å². The van der Waals surface area contributed by atoms with E-state index in [1.54, 1.807) is 0 Å². The molecule has 4 N–H and O–H groups in total. The molecule has 1 amide bonds. The van der Waals surface area contributed by atoms with Gasteiger partial charge in [0.05, 0.1) is 5.69 Å². The van der Waals surface area contributed by atoms with Gasteiger partial charge in [-0.15, -0.1) is 0 Å². The Morgan fingerprint density at radius 2 is 1.50 bits per heavy atom. The molecule has 0 spiro atoms. The number of hydrogen-bond donors (Lipinski definition) is 3. The molecule has 2 aromatic rings. The van der Waals surface area contributed by atoms with Crippen LogP contribution in [0.5, 0.6) is 0 Å². The van der Waals surface area contributed by atoms with Crippen molar-refractivity contribution in [3.05, 3.63) is 66.2 Å². The molecular weight excluding hydrogens is 226 g/mol. The fraction of sp³-hybridized carbons (Fsp3) is 0.0714. The molecule has 0 radical (unpaired) electrons. The first-order chi connectivity index (χ1) is 8.77. The quantitative estimate of drug-likeness (QED) is 0.715. The fourth-order valence-corrected chi connectivity index (χ4v) is 1.54. The third kappa shape index (κ3) is 3.09. The first-order valence-corrected chi connectivity index (χ1v) is 5.69. The number of para-hydroxylation sites is 1. The molecule has 0 aliphatic heterocycles. The van der Waals surface area contributed by atoms with Crippen LogP contribution in [0.4, 0.5) is 5.69 Å². The van der Waals surface area contributed by atoms with Gasteiger partial charge in [0.1, 0.15) is 6.04 Å². The van der Waals surface area contributed by atoms with E-state index in [1.165, 1.54) is 0 Å². The number of hydrogen-bond acceptors (Lipinski definition) is 3. The molecule has 92 valence electrons. The number of benzene rings is 2. The van der Waals surface area contributed by atoms with Crippen LogP contribution in [0.2, 0.25) is 0 Å². The van der Waals surface area contributed by atoms with Gasteiger partial charge in [0.15, 0.2) is 0 Å². The fourth-order valence-electron chi connectivity index (χ4n) is 1.54. The molecule has 4 heteroatoms. The maximum absolute atomic E-state index is 11.8. The lowest BCUT2D eigenvalue weighted by Gasteiger charge is -2.13. The van der Waals surface area contributed by atoms with Crippen molar-refractivity contribution in [2.75, 3.05) is 5.43 Å². The summed E-state index contributed by atoms with van der Waals surface area (Å²) in [4.78, 5) is 11.8. The zero-order valence-corrected chi connectivity index (χ0v) is 9.84. The van der Waals surface area contributed by atoms with Crippen LogP contribution >= 0.6 is 0 Å². The van der Waals surface area contributed by atoms with Crippen molar-refractivity contribution in [1.29, 1.82) is 0 Å².